The van der Waals surface area contributed by atoms with Gasteiger partial charge in [-0.15, -0.1) is 0 Å². The molecule has 0 radical (unpaired) electrons. The molecule has 0 saturated carbocycles. The molecular weight excluding hydrogens is 447 g/mol. The van der Waals surface area contributed by atoms with Crippen LogP contribution in [0.2, 0.25) is 0 Å². The number of hydrogen-bond acceptors (Lipinski definition) is 6. The van der Waals surface area contributed by atoms with Crippen molar-refractivity contribution in [2.75, 3.05) is 7.11 Å². The van der Waals surface area contributed by atoms with Crippen molar-refractivity contribution in [2.24, 2.45) is 5.14 Å². The Labute approximate surface area is 180 Å². The molecule has 0 bridgehead atoms. The fourth-order valence-electron chi connectivity index (χ4n) is 3.35. The maximum atomic E-state index is 14.6. The summed E-state index contributed by atoms with van der Waals surface area (Å²) < 4.78 is 71.7. The number of nitrogens with zero attached hydrogens (tertiary/aromatic N) is 4. The van der Waals surface area contributed by atoms with Gasteiger partial charge >= 0.3 is 0 Å². The third kappa shape index (κ3) is 3.89. The zero-order valence-corrected chi connectivity index (χ0v) is 17.4. The van der Waals surface area contributed by atoms with Crippen molar-refractivity contribution in [1.82, 2.24) is 19.5 Å². The van der Waals surface area contributed by atoms with Crippen molar-refractivity contribution < 1.29 is 26.3 Å². The summed E-state index contributed by atoms with van der Waals surface area (Å²) in [6, 6.07) is 9.50. The third-order valence-corrected chi connectivity index (χ3v) is 5.64. The summed E-state index contributed by atoms with van der Waals surface area (Å²) in [6.45, 7) is -0.445. The van der Waals surface area contributed by atoms with Crippen LogP contribution in [0, 0.1) is 5.82 Å². The Morgan fingerprint density at radius 1 is 1.16 bits per heavy atom. The number of nitrogens with two attached hydrogens (primary N) is 1. The topological polar surface area (TPSA) is 113 Å². The molecule has 12 heteroatoms. The quantitative estimate of drug-likeness (QED) is 0.470. The van der Waals surface area contributed by atoms with Crippen LogP contribution in [-0.4, -0.2) is 35.0 Å². The van der Waals surface area contributed by atoms with E-state index in [2.05, 4.69) is 15.0 Å². The van der Waals surface area contributed by atoms with Crippen LogP contribution >= 0.6 is 0 Å². The highest BCUT2D eigenvalue weighted by Gasteiger charge is 2.25. The number of primary sulfonamides is 1. The smallest absolute Gasteiger partial charge is 0.295 e. The van der Waals surface area contributed by atoms with E-state index < -0.39 is 39.5 Å². The van der Waals surface area contributed by atoms with Crippen LogP contribution in [0.15, 0.2) is 53.7 Å². The van der Waals surface area contributed by atoms with E-state index in [-0.39, 0.29) is 22.6 Å². The predicted molar refractivity (Wildman–Crippen MR) is 109 cm³/mol. The van der Waals surface area contributed by atoms with Gasteiger partial charge in [-0.2, -0.15) is 0 Å². The molecule has 0 saturated heterocycles. The Kier molecular flexibility index (Phi) is 5.57. The molecule has 0 aliphatic heterocycles. The second-order valence-electron chi connectivity index (χ2n) is 6.74. The van der Waals surface area contributed by atoms with Crippen LogP contribution in [0.25, 0.3) is 22.2 Å². The molecule has 0 aliphatic carbocycles. The van der Waals surface area contributed by atoms with Gasteiger partial charge in [0.2, 0.25) is 15.9 Å². The largest absolute Gasteiger partial charge is 0.480 e. The number of ether oxygens (including phenoxy) is 1. The Bertz CT molecular complexity index is 1410. The minimum Gasteiger partial charge on any atom is -0.480 e. The van der Waals surface area contributed by atoms with Gasteiger partial charge in [0, 0.05) is 6.20 Å². The first kappa shape index (κ1) is 21.7. The molecule has 0 aliphatic rings. The molecule has 4 rings (SSSR count). The van der Waals surface area contributed by atoms with Gasteiger partial charge in [-0.3, -0.25) is 4.98 Å². The highest BCUT2D eigenvalue weighted by atomic mass is 32.2. The van der Waals surface area contributed by atoms with Gasteiger partial charge in [-0.05, 0) is 11.6 Å². The molecule has 3 heterocycles. The van der Waals surface area contributed by atoms with E-state index in [1.54, 1.807) is 30.3 Å². The standard InChI is InChI=1S/C20H16F3N5O3S/c1-31-20-16(11-5-3-2-4-6-11)17-14(9-26-20)27-19(18(22)23)28(17)10-15-13(21)7-12(8-25-15)32(24,29)30/h2-9,18H,10H2,1H3,(H2,24,29,30). The minimum atomic E-state index is -4.18. The normalized spacial score (nSPS) is 11.9. The average molecular weight is 463 g/mol. The number of hydrogen-bond donors (Lipinski definition) is 1. The van der Waals surface area contributed by atoms with E-state index in [0.717, 1.165) is 10.8 Å². The number of methoxy groups -OCH3 is 1. The van der Waals surface area contributed by atoms with Gasteiger partial charge in [0.25, 0.3) is 6.43 Å². The van der Waals surface area contributed by atoms with Gasteiger partial charge in [0.1, 0.15) is 16.2 Å². The second-order valence-corrected chi connectivity index (χ2v) is 8.31. The second kappa shape index (κ2) is 8.20. The van der Waals surface area contributed by atoms with E-state index in [0.29, 0.717) is 17.2 Å². The van der Waals surface area contributed by atoms with Crippen LogP contribution in [0.3, 0.4) is 0 Å². The molecule has 0 spiro atoms. The molecule has 0 fully saturated rings. The van der Waals surface area contributed by atoms with Crippen LogP contribution in [0.1, 0.15) is 17.9 Å². The molecule has 0 unspecified atom stereocenters. The molecule has 3 aromatic heterocycles. The lowest BCUT2D eigenvalue weighted by molar-refractivity contribution is 0.136. The molecular formula is C20H16F3N5O3S. The molecule has 8 nitrogen and oxygen atoms in total. The number of sulfonamides is 1. The first-order chi connectivity index (χ1) is 15.2. The summed E-state index contributed by atoms with van der Waals surface area (Å²) in [5, 5.41) is 5.00. The first-order valence-corrected chi connectivity index (χ1v) is 10.7. The number of pyridine rings is 2. The molecule has 0 atom stereocenters. The third-order valence-electron chi connectivity index (χ3n) is 4.76. The van der Waals surface area contributed by atoms with Crippen molar-refractivity contribution in [3.63, 3.8) is 0 Å². The summed E-state index contributed by atoms with van der Waals surface area (Å²) in [4.78, 5) is 11.4. The Morgan fingerprint density at radius 3 is 2.47 bits per heavy atom. The van der Waals surface area contributed by atoms with Crippen LogP contribution in [0.4, 0.5) is 13.2 Å². The van der Waals surface area contributed by atoms with Gasteiger partial charge < -0.3 is 9.30 Å². The van der Waals surface area contributed by atoms with Crippen LogP contribution in [0.5, 0.6) is 5.88 Å². The number of alkyl halides is 2. The zero-order chi connectivity index (χ0) is 23.0. The molecule has 4 aromatic rings. The van der Waals surface area contributed by atoms with Crippen molar-refractivity contribution in [2.45, 2.75) is 17.9 Å². The highest BCUT2D eigenvalue weighted by molar-refractivity contribution is 7.89. The van der Waals surface area contributed by atoms with Gasteiger partial charge in [0.15, 0.2) is 5.82 Å². The first-order valence-electron chi connectivity index (χ1n) is 9.14. The van der Waals surface area contributed by atoms with Crippen molar-refractivity contribution in [3.8, 4) is 17.0 Å². The number of fused-ring (bicyclic) bond motifs is 1. The number of halogens is 3. The lowest BCUT2D eigenvalue weighted by Crippen LogP contribution is -2.15. The van der Waals surface area contributed by atoms with Crippen LogP contribution < -0.4 is 9.88 Å². The molecule has 1 aromatic carbocycles. The van der Waals surface area contributed by atoms with Crippen molar-refractivity contribution in [1.29, 1.82) is 0 Å². The fourth-order valence-corrected chi connectivity index (χ4v) is 3.81. The van der Waals surface area contributed by atoms with Crippen molar-refractivity contribution >= 4 is 21.1 Å². The highest BCUT2D eigenvalue weighted by Crippen LogP contribution is 2.37. The Morgan fingerprint density at radius 2 is 1.88 bits per heavy atom. The lowest BCUT2D eigenvalue weighted by Gasteiger charge is -2.14. The monoisotopic (exact) mass is 463 g/mol. The van der Waals surface area contributed by atoms with Crippen molar-refractivity contribution in [3.05, 3.63) is 66.1 Å². The van der Waals surface area contributed by atoms with Gasteiger partial charge in [0.05, 0.1) is 36.6 Å². The Hall–Kier alpha value is -3.51. The molecule has 2 N–H and O–H groups in total. The van der Waals surface area contributed by atoms with E-state index in [4.69, 9.17) is 9.88 Å². The summed E-state index contributed by atoms with van der Waals surface area (Å²) in [7, 11) is -2.79. The predicted octanol–water partition coefficient (Wildman–Crippen LogP) is 3.27. The van der Waals surface area contributed by atoms with Gasteiger partial charge in [-0.1, -0.05) is 30.3 Å². The van der Waals surface area contributed by atoms with Gasteiger partial charge in [-0.25, -0.2) is 36.7 Å². The lowest BCUT2D eigenvalue weighted by atomic mass is 10.1. The summed E-state index contributed by atoms with van der Waals surface area (Å²) in [5.74, 6) is -1.46. The van der Waals surface area contributed by atoms with E-state index in [1.165, 1.54) is 13.3 Å². The maximum absolute atomic E-state index is 14.6. The Balaban J connectivity index is 1.97. The molecule has 166 valence electrons. The van der Waals surface area contributed by atoms with E-state index in [1.807, 2.05) is 0 Å². The summed E-state index contributed by atoms with van der Waals surface area (Å²) in [6.07, 6.45) is -0.824. The van der Waals surface area contributed by atoms with E-state index >= 15 is 0 Å². The maximum Gasteiger partial charge on any atom is 0.295 e. The van der Waals surface area contributed by atoms with E-state index in [9.17, 15) is 21.6 Å². The zero-order valence-electron chi connectivity index (χ0n) is 16.5. The summed E-state index contributed by atoms with van der Waals surface area (Å²) in [5.41, 5.74) is 1.15. The number of imidazole rings is 1. The van der Waals surface area contributed by atoms with Crippen LogP contribution in [-0.2, 0) is 16.6 Å². The average Bonchev–Trinajstić information content (AvgIpc) is 3.13. The number of aromatic nitrogens is 4. The molecule has 0 amide bonds. The summed E-state index contributed by atoms with van der Waals surface area (Å²) >= 11 is 0. The number of rotatable bonds is 6. The minimum absolute atomic E-state index is 0.154. The SMILES string of the molecule is COc1ncc2nc(C(F)F)n(Cc3ncc(S(N)(=O)=O)cc3F)c2c1-c1ccccc1. The fraction of sp³-hybridized carbons (Fsp3) is 0.150. The number of benzene rings is 1. The molecule has 32 heavy (non-hydrogen) atoms.